The van der Waals surface area contributed by atoms with Crippen molar-refractivity contribution in [1.29, 1.82) is 0 Å². The Kier molecular flexibility index (Phi) is 7.68. The second-order valence-electron chi connectivity index (χ2n) is 7.35. The fourth-order valence-corrected chi connectivity index (χ4v) is 3.19. The maximum Gasteiger partial charge on any atom is 0.418 e. The van der Waals surface area contributed by atoms with Crippen LogP contribution in [0.4, 0.5) is 27.6 Å². The Balaban J connectivity index is 0.00000324. The second kappa shape index (κ2) is 10.3. The first-order chi connectivity index (χ1) is 15.7. The van der Waals surface area contributed by atoms with E-state index in [1.54, 1.807) is 0 Å². The fourth-order valence-electron chi connectivity index (χ4n) is 3.19. The van der Waals surface area contributed by atoms with E-state index in [4.69, 9.17) is 4.74 Å². The van der Waals surface area contributed by atoms with Crippen LogP contribution in [0.1, 0.15) is 16.1 Å². The van der Waals surface area contributed by atoms with Crippen molar-refractivity contribution in [2.45, 2.75) is 6.18 Å². The Morgan fingerprint density at radius 2 is 1.82 bits per heavy atom. The molecule has 0 aliphatic carbocycles. The topological polar surface area (TPSA) is 76.1 Å². The maximum absolute atomic E-state index is 14.2. The number of nitrogens with one attached hydrogen (secondary N) is 2. The third-order valence-corrected chi connectivity index (χ3v) is 5.00. The molecule has 34 heavy (non-hydrogen) atoms. The minimum absolute atomic E-state index is 0. The number of aromatic nitrogens is 2. The van der Waals surface area contributed by atoms with Crippen LogP contribution < -0.4 is 15.4 Å². The van der Waals surface area contributed by atoms with E-state index >= 15 is 0 Å². The summed E-state index contributed by atoms with van der Waals surface area (Å²) in [6, 6.07) is 5.56. The van der Waals surface area contributed by atoms with E-state index in [0.717, 1.165) is 37.4 Å². The van der Waals surface area contributed by atoms with E-state index < -0.39 is 46.2 Å². The molecule has 0 radical (unpaired) electrons. The smallest absolute Gasteiger partial charge is 0.418 e. The van der Waals surface area contributed by atoms with Gasteiger partial charge in [-0.2, -0.15) is 13.2 Å². The van der Waals surface area contributed by atoms with Crippen molar-refractivity contribution < 1.29 is 31.5 Å². The van der Waals surface area contributed by atoms with Gasteiger partial charge in [-0.15, -0.1) is 12.4 Å². The number of rotatable bonds is 6. The summed E-state index contributed by atoms with van der Waals surface area (Å²) in [6.45, 7) is 2.00. The molecule has 2 aromatic heterocycles. The molecular formula is C22H18ClF5N4O2. The molecule has 4 rings (SSSR count). The van der Waals surface area contributed by atoms with Gasteiger partial charge in [0.2, 0.25) is 0 Å². The number of halogens is 6. The molecule has 0 atom stereocenters. The molecule has 0 bridgehead atoms. The van der Waals surface area contributed by atoms with Gasteiger partial charge in [0.1, 0.15) is 28.8 Å². The number of carbonyl (C=O) groups excluding carboxylic acids is 1. The van der Waals surface area contributed by atoms with E-state index in [1.165, 1.54) is 18.5 Å². The molecule has 180 valence electrons. The molecule has 1 aromatic carbocycles. The molecule has 1 amide bonds. The molecule has 3 heterocycles. The molecule has 2 N–H and O–H groups in total. The van der Waals surface area contributed by atoms with E-state index in [1.807, 2.05) is 0 Å². The summed E-state index contributed by atoms with van der Waals surface area (Å²) in [4.78, 5) is 20.3. The SMILES string of the molecule is Cl.O=C(Nc1cnccc1OCC1CNC1)c1ccc(C(F)(F)F)c(-c2c(F)cccc2F)n1. The van der Waals surface area contributed by atoms with Crippen molar-refractivity contribution >= 4 is 24.0 Å². The average molecular weight is 501 g/mol. The minimum atomic E-state index is -4.95. The van der Waals surface area contributed by atoms with Gasteiger partial charge < -0.3 is 15.4 Å². The lowest BCUT2D eigenvalue weighted by molar-refractivity contribution is -0.137. The number of ether oxygens (including phenoxy) is 1. The maximum atomic E-state index is 14.2. The van der Waals surface area contributed by atoms with Gasteiger partial charge in [-0.25, -0.2) is 13.8 Å². The molecule has 1 aliphatic heterocycles. The zero-order valence-corrected chi connectivity index (χ0v) is 18.1. The number of carbonyl (C=O) groups is 1. The number of hydrogen-bond acceptors (Lipinski definition) is 5. The van der Waals surface area contributed by atoms with Gasteiger partial charge in [-0.05, 0) is 24.3 Å². The molecule has 12 heteroatoms. The lowest BCUT2D eigenvalue weighted by atomic mass is 10.0. The molecule has 3 aromatic rings. The predicted octanol–water partition coefficient (Wildman–Crippen LogP) is 4.71. The van der Waals surface area contributed by atoms with Crippen LogP contribution in [0.3, 0.4) is 0 Å². The number of hydrogen-bond donors (Lipinski definition) is 2. The van der Waals surface area contributed by atoms with Gasteiger partial charge in [-0.1, -0.05) is 6.07 Å². The van der Waals surface area contributed by atoms with E-state index in [-0.39, 0.29) is 18.1 Å². The van der Waals surface area contributed by atoms with Crippen LogP contribution in [-0.2, 0) is 6.18 Å². The number of amides is 1. The zero-order valence-electron chi connectivity index (χ0n) is 17.3. The Hall–Kier alpha value is -3.31. The third-order valence-electron chi connectivity index (χ3n) is 5.00. The molecular weight excluding hydrogens is 483 g/mol. The standard InChI is InChI=1S/C22H17F5N4O2.ClH/c23-14-2-1-3-15(24)19(14)20-13(22(25,26)27)4-5-16(30-20)21(32)31-17-10-28-7-6-18(17)33-11-12-8-29-9-12;/h1-7,10,12,29H,8-9,11H2,(H,31,32);1H. The van der Waals surface area contributed by atoms with Crippen molar-refractivity contribution in [2.75, 3.05) is 25.0 Å². The molecule has 0 saturated carbocycles. The first-order valence-electron chi connectivity index (χ1n) is 9.85. The van der Waals surface area contributed by atoms with Crippen molar-refractivity contribution in [3.05, 3.63) is 71.7 Å². The number of benzene rings is 1. The average Bonchev–Trinajstić information content (AvgIpc) is 2.73. The first kappa shape index (κ1) is 25.3. The number of nitrogens with zero attached hydrogens (tertiary/aromatic N) is 2. The van der Waals surface area contributed by atoms with Gasteiger partial charge in [0, 0.05) is 31.3 Å². The Labute approximate surface area is 197 Å². The number of alkyl halides is 3. The molecule has 1 saturated heterocycles. The third kappa shape index (κ3) is 5.42. The van der Waals surface area contributed by atoms with Crippen molar-refractivity contribution in [3.63, 3.8) is 0 Å². The van der Waals surface area contributed by atoms with Crippen LogP contribution in [0.2, 0.25) is 0 Å². The summed E-state index contributed by atoms with van der Waals surface area (Å²) in [7, 11) is 0. The molecule has 0 spiro atoms. The van der Waals surface area contributed by atoms with E-state index in [2.05, 4.69) is 20.6 Å². The lowest BCUT2D eigenvalue weighted by Gasteiger charge is -2.27. The van der Waals surface area contributed by atoms with Crippen molar-refractivity contribution in [3.8, 4) is 17.0 Å². The fraction of sp³-hybridized carbons (Fsp3) is 0.227. The Bertz CT molecular complexity index is 1170. The van der Waals surface area contributed by atoms with Crippen LogP contribution in [0, 0.1) is 17.6 Å². The highest BCUT2D eigenvalue weighted by atomic mass is 35.5. The minimum Gasteiger partial charge on any atom is -0.491 e. The molecule has 6 nitrogen and oxygen atoms in total. The zero-order chi connectivity index (χ0) is 23.6. The van der Waals surface area contributed by atoms with Gasteiger partial charge in [0.25, 0.3) is 5.91 Å². The summed E-state index contributed by atoms with van der Waals surface area (Å²) in [5.41, 5.74) is -3.67. The number of pyridine rings is 2. The van der Waals surface area contributed by atoms with Crippen LogP contribution >= 0.6 is 12.4 Å². The van der Waals surface area contributed by atoms with Crippen LogP contribution in [0.5, 0.6) is 5.75 Å². The van der Waals surface area contributed by atoms with E-state index in [9.17, 15) is 26.7 Å². The van der Waals surface area contributed by atoms with Gasteiger partial charge in [0.05, 0.1) is 29.6 Å². The van der Waals surface area contributed by atoms with Crippen molar-refractivity contribution in [1.82, 2.24) is 15.3 Å². The van der Waals surface area contributed by atoms with Crippen LogP contribution in [0.15, 0.2) is 48.8 Å². The van der Waals surface area contributed by atoms with E-state index in [0.29, 0.717) is 24.3 Å². The molecule has 1 aliphatic rings. The Morgan fingerprint density at radius 3 is 2.44 bits per heavy atom. The molecule has 0 unspecified atom stereocenters. The summed E-state index contributed by atoms with van der Waals surface area (Å²) < 4.78 is 74.7. The van der Waals surface area contributed by atoms with Crippen LogP contribution in [0.25, 0.3) is 11.3 Å². The quantitative estimate of drug-likeness (QED) is 0.479. The normalized spacial score (nSPS) is 13.6. The monoisotopic (exact) mass is 500 g/mol. The highest BCUT2D eigenvalue weighted by Crippen LogP contribution is 2.38. The molecule has 1 fully saturated rings. The largest absolute Gasteiger partial charge is 0.491 e. The highest BCUT2D eigenvalue weighted by molar-refractivity contribution is 6.04. The van der Waals surface area contributed by atoms with Crippen LogP contribution in [-0.4, -0.2) is 35.6 Å². The van der Waals surface area contributed by atoms with Gasteiger partial charge in [0.15, 0.2) is 0 Å². The van der Waals surface area contributed by atoms with Gasteiger partial charge in [-0.3, -0.25) is 9.78 Å². The summed E-state index contributed by atoms with van der Waals surface area (Å²) in [5, 5.41) is 5.58. The Morgan fingerprint density at radius 1 is 1.12 bits per heavy atom. The number of anilines is 1. The predicted molar refractivity (Wildman–Crippen MR) is 116 cm³/mol. The summed E-state index contributed by atoms with van der Waals surface area (Å²) in [5.74, 6) is -2.74. The highest BCUT2D eigenvalue weighted by Gasteiger charge is 2.36. The second-order valence-corrected chi connectivity index (χ2v) is 7.35. The summed E-state index contributed by atoms with van der Waals surface area (Å²) >= 11 is 0. The lowest BCUT2D eigenvalue weighted by Crippen LogP contribution is -2.45. The van der Waals surface area contributed by atoms with Gasteiger partial charge >= 0.3 is 6.18 Å². The summed E-state index contributed by atoms with van der Waals surface area (Å²) in [6.07, 6.45) is -2.18. The first-order valence-corrected chi connectivity index (χ1v) is 9.85. The van der Waals surface area contributed by atoms with Crippen molar-refractivity contribution in [2.24, 2.45) is 5.92 Å².